The van der Waals surface area contributed by atoms with E-state index in [0.717, 1.165) is 6.07 Å². The van der Waals surface area contributed by atoms with Gasteiger partial charge in [0.1, 0.15) is 0 Å². The summed E-state index contributed by atoms with van der Waals surface area (Å²) in [6.07, 6.45) is -2.93. The van der Waals surface area contributed by atoms with E-state index in [2.05, 4.69) is 10.6 Å². The van der Waals surface area contributed by atoms with Crippen LogP contribution in [0.15, 0.2) is 35.2 Å². The van der Waals surface area contributed by atoms with Crippen LogP contribution in [0.2, 0.25) is 5.02 Å². The molecule has 2 unspecified atom stereocenters. The molecule has 0 heterocycles. The SMILES string of the molecule is CC1C2CC(S(=O)(=O)c3cc(C(=O)Nc4cc(F)c(F)c(F)c4)ccc3Cl)CC1C2(O)CNC(=O)[C@@H](O)[C@@H](C)O. The molecule has 3 aliphatic carbocycles. The quantitative estimate of drug-likeness (QED) is 0.290. The van der Waals surface area contributed by atoms with Crippen LogP contribution in [-0.2, 0) is 14.6 Å². The molecule has 3 saturated carbocycles. The number of benzene rings is 2. The van der Waals surface area contributed by atoms with E-state index in [1.54, 1.807) is 0 Å². The average molecular weight is 605 g/mol. The Morgan fingerprint density at radius 3 is 2.23 bits per heavy atom. The van der Waals surface area contributed by atoms with Crippen LogP contribution >= 0.6 is 11.6 Å². The Balaban J connectivity index is 1.51. The number of sulfone groups is 1. The van der Waals surface area contributed by atoms with Crippen molar-refractivity contribution in [1.29, 1.82) is 0 Å². The average Bonchev–Trinajstić information content (AvgIpc) is 2.90. The van der Waals surface area contributed by atoms with Gasteiger partial charge in [0.05, 0.1) is 26.9 Å². The first kappa shape index (κ1) is 30.3. The minimum Gasteiger partial charge on any atom is -0.390 e. The zero-order valence-corrected chi connectivity index (χ0v) is 22.9. The number of aliphatic hydroxyl groups is 3. The third-order valence-corrected chi connectivity index (χ3v) is 10.7. The topological polar surface area (TPSA) is 153 Å². The summed E-state index contributed by atoms with van der Waals surface area (Å²) in [7, 11) is -4.13. The van der Waals surface area contributed by atoms with Crippen LogP contribution in [0.1, 0.15) is 37.0 Å². The Hall–Kier alpha value is -2.71. The summed E-state index contributed by atoms with van der Waals surface area (Å²) in [5, 5.41) is 33.8. The summed E-state index contributed by atoms with van der Waals surface area (Å²) in [5.74, 6) is -7.59. The van der Waals surface area contributed by atoms with Gasteiger partial charge in [-0.15, -0.1) is 0 Å². The largest absolute Gasteiger partial charge is 0.390 e. The summed E-state index contributed by atoms with van der Waals surface area (Å²) in [4.78, 5) is 24.4. The monoisotopic (exact) mass is 604 g/mol. The molecule has 5 N–H and O–H groups in total. The van der Waals surface area contributed by atoms with Crippen molar-refractivity contribution in [3.05, 3.63) is 58.4 Å². The fraction of sp³-hybridized carbons (Fsp3) is 0.462. The van der Waals surface area contributed by atoms with Gasteiger partial charge in [0.25, 0.3) is 11.8 Å². The molecule has 14 heteroatoms. The van der Waals surface area contributed by atoms with Crippen LogP contribution in [0.3, 0.4) is 0 Å². The van der Waals surface area contributed by atoms with Crippen LogP contribution in [0, 0.1) is 35.2 Å². The lowest BCUT2D eigenvalue weighted by atomic mass is 9.48. The van der Waals surface area contributed by atoms with Gasteiger partial charge in [-0.05, 0) is 55.7 Å². The van der Waals surface area contributed by atoms with Crippen LogP contribution in [0.25, 0.3) is 0 Å². The van der Waals surface area contributed by atoms with E-state index in [1.807, 2.05) is 6.92 Å². The van der Waals surface area contributed by atoms with Crippen LogP contribution in [0.5, 0.6) is 0 Å². The van der Waals surface area contributed by atoms with E-state index in [0.29, 0.717) is 12.1 Å². The number of fused-ring (bicyclic) bond motifs is 2. The fourth-order valence-corrected chi connectivity index (χ4v) is 8.14. The molecule has 3 fully saturated rings. The molecule has 4 atom stereocenters. The molecule has 5 rings (SSSR count). The van der Waals surface area contributed by atoms with Crippen molar-refractivity contribution >= 4 is 38.9 Å². The number of rotatable bonds is 8. The van der Waals surface area contributed by atoms with E-state index in [4.69, 9.17) is 11.6 Å². The lowest BCUT2D eigenvalue weighted by molar-refractivity contribution is -0.213. The van der Waals surface area contributed by atoms with Crippen molar-refractivity contribution in [1.82, 2.24) is 5.32 Å². The molecule has 0 aromatic heterocycles. The molecule has 0 aliphatic heterocycles. The van der Waals surface area contributed by atoms with Gasteiger partial charge < -0.3 is 26.0 Å². The molecule has 2 bridgehead atoms. The van der Waals surface area contributed by atoms with Gasteiger partial charge in [0.15, 0.2) is 33.4 Å². The molecule has 2 amide bonds. The number of hydrogen-bond acceptors (Lipinski definition) is 7. The Bertz CT molecular complexity index is 1420. The smallest absolute Gasteiger partial charge is 0.255 e. The Kier molecular flexibility index (Phi) is 8.27. The van der Waals surface area contributed by atoms with Crippen LogP contribution in [-0.4, -0.2) is 65.2 Å². The third kappa shape index (κ3) is 5.32. The maximum absolute atomic E-state index is 13.6. The number of carbonyl (C=O) groups is 2. The summed E-state index contributed by atoms with van der Waals surface area (Å²) in [6.45, 7) is 2.86. The van der Waals surface area contributed by atoms with E-state index in [-0.39, 0.29) is 46.5 Å². The Morgan fingerprint density at radius 1 is 1.10 bits per heavy atom. The number of halogens is 4. The van der Waals surface area contributed by atoms with Gasteiger partial charge in [-0.1, -0.05) is 18.5 Å². The molecule has 0 radical (unpaired) electrons. The number of aliphatic hydroxyl groups excluding tert-OH is 2. The first-order chi connectivity index (χ1) is 18.6. The van der Waals surface area contributed by atoms with Gasteiger partial charge in [0.2, 0.25) is 0 Å². The molecule has 0 spiro atoms. The highest BCUT2D eigenvalue weighted by Crippen LogP contribution is 2.59. The molecule has 2 aromatic carbocycles. The fourth-order valence-electron chi connectivity index (χ4n) is 5.79. The summed E-state index contributed by atoms with van der Waals surface area (Å²) in [6, 6.07) is 4.61. The number of nitrogens with one attached hydrogen (secondary N) is 2. The molecule has 2 aromatic rings. The second-order valence-electron chi connectivity index (χ2n) is 10.5. The van der Waals surface area contributed by atoms with Gasteiger partial charge >= 0.3 is 0 Å². The number of hydrogen-bond donors (Lipinski definition) is 5. The maximum Gasteiger partial charge on any atom is 0.255 e. The Morgan fingerprint density at radius 2 is 1.68 bits per heavy atom. The molecular weight excluding hydrogens is 577 g/mol. The molecular formula is C26H28ClF3N2O7S. The molecule has 40 heavy (non-hydrogen) atoms. The predicted octanol–water partition coefficient (Wildman–Crippen LogP) is 2.42. The third-order valence-electron chi connectivity index (χ3n) is 8.04. The van der Waals surface area contributed by atoms with Crippen LogP contribution in [0.4, 0.5) is 18.9 Å². The van der Waals surface area contributed by atoms with Crippen molar-refractivity contribution in [2.45, 2.75) is 54.6 Å². The normalized spacial score (nSPS) is 27.3. The van der Waals surface area contributed by atoms with Crippen molar-refractivity contribution in [3.8, 4) is 0 Å². The Labute approximate surface area is 233 Å². The van der Waals surface area contributed by atoms with Gasteiger partial charge in [0, 0.05) is 29.9 Å². The predicted molar refractivity (Wildman–Crippen MR) is 138 cm³/mol. The summed E-state index contributed by atoms with van der Waals surface area (Å²) in [5.41, 5.74) is -1.97. The summed E-state index contributed by atoms with van der Waals surface area (Å²) >= 11 is 6.20. The van der Waals surface area contributed by atoms with Crippen molar-refractivity contribution < 1.29 is 46.5 Å². The van der Waals surface area contributed by atoms with E-state index in [9.17, 15) is 46.5 Å². The minimum atomic E-state index is -4.13. The highest BCUT2D eigenvalue weighted by Gasteiger charge is 2.64. The highest BCUT2D eigenvalue weighted by atomic mass is 35.5. The zero-order chi connectivity index (χ0) is 29.7. The van der Waals surface area contributed by atoms with E-state index < -0.39 is 74.0 Å². The number of anilines is 1. The van der Waals surface area contributed by atoms with Gasteiger partial charge in [-0.2, -0.15) is 0 Å². The van der Waals surface area contributed by atoms with Crippen LogP contribution < -0.4 is 10.6 Å². The number of carbonyl (C=O) groups excluding carboxylic acids is 2. The van der Waals surface area contributed by atoms with Crippen molar-refractivity contribution in [2.75, 3.05) is 11.9 Å². The van der Waals surface area contributed by atoms with Crippen molar-refractivity contribution in [2.24, 2.45) is 17.8 Å². The molecule has 3 aliphatic rings. The molecule has 0 saturated heterocycles. The first-order valence-corrected chi connectivity index (χ1v) is 14.4. The highest BCUT2D eigenvalue weighted by molar-refractivity contribution is 7.92. The second kappa shape index (κ2) is 10.9. The number of amides is 2. The van der Waals surface area contributed by atoms with E-state index >= 15 is 0 Å². The van der Waals surface area contributed by atoms with Gasteiger partial charge in [-0.25, -0.2) is 21.6 Å². The lowest BCUT2D eigenvalue weighted by Crippen LogP contribution is -2.71. The lowest BCUT2D eigenvalue weighted by Gasteiger charge is -2.62. The summed E-state index contributed by atoms with van der Waals surface area (Å²) < 4.78 is 67.5. The molecule has 9 nitrogen and oxygen atoms in total. The molecule has 218 valence electrons. The standard InChI is InChI=1S/C26H28ClF3N2O7S/c1-11-16-8-15(9-17(11)26(16,37)10-31-25(36)23(34)12(2)33)40(38,39)21-5-13(3-4-18(21)27)24(35)32-14-6-19(28)22(30)20(29)7-14/h3-7,11-12,15-17,23,33-34,37H,8-10H2,1-2H3,(H,31,36)(H,32,35)/t11?,12-,15?,16?,17?,23+,26?/m1/s1. The second-order valence-corrected chi connectivity index (χ2v) is 13.1. The first-order valence-electron chi connectivity index (χ1n) is 12.4. The maximum atomic E-state index is 13.6. The van der Waals surface area contributed by atoms with Gasteiger partial charge in [-0.3, -0.25) is 9.59 Å². The van der Waals surface area contributed by atoms with Crippen molar-refractivity contribution in [3.63, 3.8) is 0 Å². The minimum absolute atomic E-state index is 0.0339. The van der Waals surface area contributed by atoms with E-state index in [1.165, 1.54) is 19.1 Å². The zero-order valence-electron chi connectivity index (χ0n) is 21.4.